The molecule has 0 unspecified atom stereocenters. The van der Waals surface area contributed by atoms with Crippen molar-refractivity contribution in [3.63, 3.8) is 0 Å². The van der Waals surface area contributed by atoms with Crippen LogP contribution in [-0.2, 0) is 19.3 Å². The van der Waals surface area contributed by atoms with E-state index in [1.807, 2.05) is 23.5 Å². The largest absolute Gasteiger partial charge is 0.340 e. The van der Waals surface area contributed by atoms with Gasteiger partial charge in [0.15, 0.2) is 0 Å². The monoisotopic (exact) mass is 371 g/mol. The number of nitrogens with one attached hydrogen (secondary N) is 1. The second-order valence-corrected chi connectivity index (χ2v) is 8.12. The summed E-state index contributed by atoms with van der Waals surface area (Å²) < 4.78 is 0. The third kappa shape index (κ3) is 3.33. The number of thiophene rings is 1. The molecule has 0 saturated heterocycles. The van der Waals surface area contributed by atoms with Gasteiger partial charge in [-0.2, -0.15) is 0 Å². The molecule has 2 heterocycles. The maximum Gasteiger partial charge on any atom is 0.143 e. The Bertz CT molecular complexity index is 1070. The highest BCUT2D eigenvalue weighted by atomic mass is 32.1. The number of nitrogens with zero attached hydrogens (tertiary/aromatic N) is 2. The minimum Gasteiger partial charge on any atom is -0.340 e. The molecule has 4 aromatic rings. The maximum absolute atomic E-state index is 4.96. The van der Waals surface area contributed by atoms with Crippen molar-refractivity contribution in [1.29, 1.82) is 0 Å². The predicted octanol–water partition coefficient (Wildman–Crippen LogP) is 5.90. The zero-order valence-corrected chi connectivity index (χ0v) is 15.9. The van der Waals surface area contributed by atoms with Crippen molar-refractivity contribution in [2.75, 3.05) is 5.32 Å². The van der Waals surface area contributed by atoms with E-state index in [0.717, 1.165) is 35.0 Å². The van der Waals surface area contributed by atoms with Crippen LogP contribution < -0.4 is 5.32 Å². The van der Waals surface area contributed by atoms with Crippen molar-refractivity contribution in [3.8, 4) is 0 Å². The molecule has 0 fully saturated rings. The van der Waals surface area contributed by atoms with Gasteiger partial charge in [-0.15, -0.1) is 11.3 Å². The number of hydrogen-bond acceptors (Lipinski definition) is 4. The molecule has 4 heteroatoms. The first-order valence-electron chi connectivity index (χ1n) is 9.54. The lowest BCUT2D eigenvalue weighted by atomic mass is 9.97. The summed E-state index contributed by atoms with van der Waals surface area (Å²) in [5.41, 5.74) is 3.77. The van der Waals surface area contributed by atoms with Crippen molar-refractivity contribution in [1.82, 2.24) is 9.97 Å². The Kier molecular flexibility index (Phi) is 4.34. The number of rotatable bonds is 4. The lowest BCUT2D eigenvalue weighted by molar-refractivity contribution is 0.700. The van der Waals surface area contributed by atoms with Gasteiger partial charge in [-0.05, 0) is 48.9 Å². The van der Waals surface area contributed by atoms with Gasteiger partial charge in [0, 0.05) is 17.0 Å². The van der Waals surface area contributed by atoms with Crippen molar-refractivity contribution in [3.05, 3.63) is 82.5 Å². The van der Waals surface area contributed by atoms with Crippen molar-refractivity contribution < 1.29 is 0 Å². The molecule has 0 saturated carbocycles. The Morgan fingerprint density at radius 3 is 2.41 bits per heavy atom. The highest BCUT2D eigenvalue weighted by molar-refractivity contribution is 7.19. The van der Waals surface area contributed by atoms with Crippen LogP contribution in [0.5, 0.6) is 0 Å². The van der Waals surface area contributed by atoms with Crippen molar-refractivity contribution in [2.24, 2.45) is 0 Å². The maximum atomic E-state index is 4.96. The Morgan fingerprint density at radius 2 is 1.59 bits per heavy atom. The number of hydrogen-bond donors (Lipinski definition) is 1. The number of benzene rings is 2. The highest BCUT2D eigenvalue weighted by Gasteiger charge is 2.21. The quantitative estimate of drug-likeness (QED) is 0.485. The van der Waals surface area contributed by atoms with Gasteiger partial charge >= 0.3 is 0 Å². The molecule has 0 amide bonds. The van der Waals surface area contributed by atoms with E-state index in [0.29, 0.717) is 0 Å². The lowest BCUT2D eigenvalue weighted by Gasteiger charge is -2.13. The molecule has 1 aliphatic rings. The summed E-state index contributed by atoms with van der Waals surface area (Å²) in [6, 6.07) is 20.8. The summed E-state index contributed by atoms with van der Waals surface area (Å²) in [5, 5.41) is 4.80. The standard InChI is InChI=1S/C23H21N3S/c1-3-9-16(10-4-1)15-20-25-22(24-17-11-5-2-6-12-17)21-18-13-7-8-14-19(18)27-23(21)26-20/h1-6,9-12H,7-8,13-15H2,(H,24,25,26). The molecule has 134 valence electrons. The van der Waals surface area contributed by atoms with Crippen LogP contribution in [0.1, 0.15) is 34.7 Å². The van der Waals surface area contributed by atoms with Crippen LogP contribution in [0.25, 0.3) is 10.2 Å². The first-order chi connectivity index (χ1) is 13.4. The van der Waals surface area contributed by atoms with E-state index in [9.17, 15) is 0 Å². The summed E-state index contributed by atoms with van der Waals surface area (Å²) in [6.45, 7) is 0. The molecular weight excluding hydrogens is 350 g/mol. The SMILES string of the molecule is c1ccc(Cc2nc(Nc3ccccc3)c3c4c(sc3n2)CCCC4)cc1. The number of aromatic nitrogens is 2. The summed E-state index contributed by atoms with van der Waals surface area (Å²) in [5.74, 6) is 1.84. The molecule has 0 atom stereocenters. The molecule has 0 spiro atoms. The Balaban J connectivity index is 1.62. The van der Waals surface area contributed by atoms with Gasteiger partial charge in [0.05, 0.1) is 5.39 Å². The number of para-hydroxylation sites is 1. The van der Waals surface area contributed by atoms with Crippen LogP contribution in [0.3, 0.4) is 0 Å². The molecule has 2 aromatic heterocycles. The molecule has 0 bridgehead atoms. The van der Waals surface area contributed by atoms with Gasteiger partial charge in [-0.1, -0.05) is 48.5 Å². The fourth-order valence-corrected chi connectivity index (χ4v) is 5.09. The normalized spacial score (nSPS) is 13.5. The van der Waals surface area contributed by atoms with Gasteiger partial charge in [0.1, 0.15) is 16.5 Å². The molecule has 27 heavy (non-hydrogen) atoms. The summed E-state index contributed by atoms with van der Waals surface area (Å²) in [6.07, 6.45) is 5.61. The first kappa shape index (κ1) is 16.5. The van der Waals surface area contributed by atoms with E-state index in [2.05, 4.69) is 53.8 Å². The van der Waals surface area contributed by atoms with E-state index in [1.165, 1.54) is 40.7 Å². The molecule has 3 nitrogen and oxygen atoms in total. The van der Waals surface area contributed by atoms with Crippen LogP contribution in [-0.4, -0.2) is 9.97 Å². The zero-order chi connectivity index (χ0) is 18.1. The second kappa shape index (κ2) is 7.12. The average molecular weight is 372 g/mol. The molecule has 2 aromatic carbocycles. The predicted molar refractivity (Wildman–Crippen MR) is 113 cm³/mol. The minimum absolute atomic E-state index is 0.753. The third-order valence-corrected chi connectivity index (χ3v) is 6.29. The van der Waals surface area contributed by atoms with Crippen LogP contribution in [0.15, 0.2) is 60.7 Å². The highest BCUT2D eigenvalue weighted by Crippen LogP contribution is 2.39. The van der Waals surface area contributed by atoms with Crippen LogP contribution >= 0.6 is 11.3 Å². The average Bonchev–Trinajstić information content (AvgIpc) is 3.08. The van der Waals surface area contributed by atoms with Gasteiger partial charge < -0.3 is 5.32 Å². The molecule has 1 N–H and O–H groups in total. The van der Waals surface area contributed by atoms with Crippen LogP contribution in [0.2, 0.25) is 0 Å². The lowest BCUT2D eigenvalue weighted by Crippen LogP contribution is -2.04. The van der Waals surface area contributed by atoms with Gasteiger partial charge in [-0.25, -0.2) is 9.97 Å². The third-order valence-electron chi connectivity index (χ3n) is 5.10. The van der Waals surface area contributed by atoms with Gasteiger partial charge in [0.25, 0.3) is 0 Å². The van der Waals surface area contributed by atoms with Crippen molar-refractivity contribution in [2.45, 2.75) is 32.1 Å². The molecule has 0 radical (unpaired) electrons. The Hall–Kier alpha value is -2.72. The van der Waals surface area contributed by atoms with Gasteiger partial charge in [-0.3, -0.25) is 0 Å². The topological polar surface area (TPSA) is 37.8 Å². The first-order valence-corrected chi connectivity index (χ1v) is 10.4. The number of anilines is 2. The van der Waals surface area contributed by atoms with E-state index < -0.39 is 0 Å². The summed E-state index contributed by atoms with van der Waals surface area (Å²) in [7, 11) is 0. The van der Waals surface area contributed by atoms with Gasteiger partial charge in [0.2, 0.25) is 0 Å². The van der Waals surface area contributed by atoms with E-state index in [-0.39, 0.29) is 0 Å². The zero-order valence-electron chi connectivity index (χ0n) is 15.1. The Morgan fingerprint density at radius 1 is 0.852 bits per heavy atom. The summed E-state index contributed by atoms with van der Waals surface area (Å²) >= 11 is 1.86. The minimum atomic E-state index is 0.753. The Labute approximate surface area is 163 Å². The number of aryl methyl sites for hydroxylation is 2. The molecule has 0 aliphatic heterocycles. The van der Waals surface area contributed by atoms with Crippen molar-refractivity contribution >= 4 is 33.1 Å². The van der Waals surface area contributed by atoms with E-state index in [1.54, 1.807) is 0 Å². The molecule has 5 rings (SSSR count). The number of fused-ring (bicyclic) bond motifs is 3. The molecule has 1 aliphatic carbocycles. The van der Waals surface area contributed by atoms with E-state index in [4.69, 9.17) is 9.97 Å². The fraction of sp³-hybridized carbons (Fsp3) is 0.217. The van der Waals surface area contributed by atoms with Crippen LogP contribution in [0, 0.1) is 0 Å². The smallest absolute Gasteiger partial charge is 0.143 e. The molecular formula is C23H21N3S. The van der Waals surface area contributed by atoms with Crippen LogP contribution in [0.4, 0.5) is 11.5 Å². The second-order valence-electron chi connectivity index (χ2n) is 7.03. The fourth-order valence-electron chi connectivity index (χ4n) is 3.81. The van der Waals surface area contributed by atoms with E-state index >= 15 is 0 Å². The summed E-state index contributed by atoms with van der Waals surface area (Å²) in [4.78, 5) is 12.5.